The van der Waals surface area contributed by atoms with Crippen LogP contribution in [-0.4, -0.2) is 37.0 Å². The summed E-state index contributed by atoms with van der Waals surface area (Å²) in [6.45, 7) is -0.00459. The summed E-state index contributed by atoms with van der Waals surface area (Å²) in [5, 5.41) is 12.1. The van der Waals surface area contributed by atoms with E-state index in [1.807, 2.05) is 12.1 Å². The van der Waals surface area contributed by atoms with Gasteiger partial charge in [0.05, 0.1) is 6.04 Å². The highest BCUT2D eigenvalue weighted by Crippen LogP contribution is 2.35. The third-order valence-electron chi connectivity index (χ3n) is 6.75. The standard InChI is InChI=1S/C27H20F3N7O4/c28-27(29,30)22-9-15-2-1-13(7-21(15)41-22)11-31-24(38)19-10-20(33-12-32-19)25(39)34-18-6-4-14-8-16(3-5-17(14)18)23-35-26(40)37-36-23/h1-3,5,7-10,12,18H,4,6,11H2,(H,31,38)(H,34,39)(H2,35,36,37,40)/t18-/m1/s1. The van der Waals surface area contributed by atoms with E-state index in [4.69, 9.17) is 4.42 Å². The number of fused-ring (bicyclic) bond motifs is 2. The maximum atomic E-state index is 13.0. The maximum absolute atomic E-state index is 13.0. The van der Waals surface area contributed by atoms with Crippen LogP contribution in [0.25, 0.3) is 22.4 Å². The number of carbonyl (C=O) groups excluding carboxylic acids is 2. The molecule has 1 aliphatic carbocycles. The molecule has 1 atom stereocenters. The number of hydrogen-bond donors (Lipinski definition) is 4. The van der Waals surface area contributed by atoms with E-state index >= 15 is 0 Å². The number of aromatic nitrogens is 5. The molecular formula is C27H20F3N7O4. The minimum atomic E-state index is -4.60. The van der Waals surface area contributed by atoms with Crippen molar-refractivity contribution < 1.29 is 27.2 Å². The third kappa shape index (κ3) is 5.31. The molecule has 1 aliphatic rings. The summed E-state index contributed by atoms with van der Waals surface area (Å²) >= 11 is 0. The number of nitrogens with zero attached hydrogens (tertiary/aromatic N) is 3. The monoisotopic (exact) mass is 563 g/mol. The summed E-state index contributed by atoms with van der Waals surface area (Å²) in [4.78, 5) is 47.6. The lowest BCUT2D eigenvalue weighted by Crippen LogP contribution is -2.29. The fourth-order valence-electron chi connectivity index (χ4n) is 4.76. The number of H-pyrrole nitrogens is 2. The van der Waals surface area contributed by atoms with Gasteiger partial charge < -0.3 is 15.1 Å². The Morgan fingerprint density at radius 1 is 1.02 bits per heavy atom. The molecule has 0 bridgehead atoms. The Morgan fingerprint density at radius 2 is 1.83 bits per heavy atom. The van der Waals surface area contributed by atoms with Crippen molar-refractivity contribution in [3.63, 3.8) is 0 Å². The normalized spacial score (nSPS) is 14.7. The lowest BCUT2D eigenvalue weighted by Gasteiger charge is -2.14. The van der Waals surface area contributed by atoms with E-state index in [0.717, 1.165) is 29.1 Å². The predicted octanol–water partition coefficient (Wildman–Crippen LogP) is 3.67. The Kier molecular flexibility index (Phi) is 6.36. The Morgan fingerprint density at radius 3 is 2.59 bits per heavy atom. The quantitative estimate of drug-likeness (QED) is 0.245. The van der Waals surface area contributed by atoms with Gasteiger partial charge in [-0.05, 0) is 47.7 Å². The number of hydrogen-bond acceptors (Lipinski definition) is 7. The van der Waals surface area contributed by atoms with E-state index in [1.165, 1.54) is 18.2 Å². The van der Waals surface area contributed by atoms with Crippen molar-refractivity contribution in [3.8, 4) is 11.4 Å². The molecule has 5 aromatic rings. The van der Waals surface area contributed by atoms with Gasteiger partial charge in [0.1, 0.15) is 23.3 Å². The van der Waals surface area contributed by atoms with Crippen molar-refractivity contribution in [1.29, 1.82) is 0 Å². The zero-order valence-electron chi connectivity index (χ0n) is 21.0. The molecule has 0 saturated heterocycles. The number of rotatable bonds is 6. The van der Waals surface area contributed by atoms with Crippen LogP contribution in [-0.2, 0) is 19.1 Å². The molecule has 0 spiro atoms. The second-order valence-corrected chi connectivity index (χ2v) is 9.46. The topological polar surface area (TPSA) is 159 Å². The third-order valence-corrected chi connectivity index (χ3v) is 6.75. The van der Waals surface area contributed by atoms with E-state index in [0.29, 0.717) is 24.2 Å². The average molecular weight is 563 g/mol. The molecule has 208 valence electrons. The van der Waals surface area contributed by atoms with Gasteiger partial charge in [0.25, 0.3) is 11.8 Å². The van der Waals surface area contributed by atoms with Crippen LogP contribution in [0.2, 0.25) is 0 Å². The van der Waals surface area contributed by atoms with E-state index in [9.17, 15) is 27.6 Å². The lowest BCUT2D eigenvalue weighted by molar-refractivity contribution is -0.152. The number of nitrogens with one attached hydrogen (secondary N) is 4. The van der Waals surface area contributed by atoms with Gasteiger partial charge in [-0.1, -0.05) is 24.3 Å². The lowest BCUT2D eigenvalue weighted by atomic mass is 10.0. The van der Waals surface area contributed by atoms with Crippen molar-refractivity contribution in [2.75, 3.05) is 0 Å². The molecule has 4 N–H and O–H groups in total. The van der Waals surface area contributed by atoms with E-state index in [2.05, 4.69) is 35.8 Å². The van der Waals surface area contributed by atoms with Crippen LogP contribution >= 0.6 is 0 Å². The van der Waals surface area contributed by atoms with Gasteiger partial charge in [0.15, 0.2) is 5.82 Å². The Balaban J connectivity index is 1.10. The van der Waals surface area contributed by atoms with Crippen molar-refractivity contribution in [3.05, 3.63) is 99.2 Å². The number of furan rings is 1. The van der Waals surface area contributed by atoms with Gasteiger partial charge >= 0.3 is 11.9 Å². The molecule has 2 amide bonds. The van der Waals surface area contributed by atoms with Gasteiger partial charge in [-0.15, -0.1) is 0 Å². The average Bonchev–Trinajstić information content (AvgIpc) is 3.69. The van der Waals surface area contributed by atoms with Crippen LogP contribution in [0.3, 0.4) is 0 Å². The Bertz CT molecular complexity index is 1860. The van der Waals surface area contributed by atoms with Gasteiger partial charge in [0, 0.05) is 23.6 Å². The largest absolute Gasteiger partial charge is 0.451 e. The summed E-state index contributed by atoms with van der Waals surface area (Å²) in [6.07, 6.45) is -2.12. The summed E-state index contributed by atoms with van der Waals surface area (Å²) < 4.78 is 43.6. The molecule has 0 saturated carbocycles. The molecule has 3 aromatic heterocycles. The first kappa shape index (κ1) is 26.0. The SMILES string of the molecule is O=C(NCc1ccc2cc(C(F)(F)F)oc2c1)c1cc(C(=O)N[C@@H]2CCc3cc(-c4n[nH]c(=O)[nH]4)ccc32)ncn1. The Hall–Kier alpha value is -5.27. The van der Waals surface area contributed by atoms with Crippen LogP contribution in [0.4, 0.5) is 13.2 Å². The summed E-state index contributed by atoms with van der Waals surface area (Å²) in [7, 11) is 0. The van der Waals surface area contributed by atoms with Crippen molar-refractivity contribution in [2.45, 2.75) is 31.6 Å². The molecule has 41 heavy (non-hydrogen) atoms. The number of alkyl halides is 3. The molecule has 0 aliphatic heterocycles. The first-order chi connectivity index (χ1) is 19.6. The highest BCUT2D eigenvalue weighted by atomic mass is 19.4. The number of aromatic amines is 2. The molecular weight excluding hydrogens is 543 g/mol. The number of amides is 2. The van der Waals surface area contributed by atoms with E-state index in [1.54, 1.807) is 12.1 Å². The van der Waals surface area contributed by atoms with Crippen LogP contribution in [0.5, 0.6) is 0 Å². The molecule has 3 heterocycles. The minimum Gasteiger partial charge on any atom is -0.451 e. The summed E-state index contributed by atoms with van der Waals surface area (Å²) in [5.74, 6) is -1.75. The fourth-order valence-corrected chi connectivity index (χ4v) is 4.76. The van der Waals surface area contributed by atoms with Gasteiger partial charge in [-0.2, -0.15) is 18.3 Å². The van der Waals surface area contributed by atoms with Crippen molar-refractivity contribution >= 4 is 22.8 Å². The van der Waals surface area contributed by atoms with E-state index in [-0.39, 0.29) is 34.9 Å². The molecule has 0 unspecified atom stereocenters. The van der Waals surface area contributed by atoms with Crippen LogP contribution in [0.1, 0.15) is 55.9 Å². The van der Waals surface area contributed by atoms with Crippen LogP contribution in [0, 0.1) is 0 Å². The highest BCUT2D eigenvalue weighted by Gasteiger charge is 2.35. The van der Waals surface area contributed by atoms with Crippen LogP contribution in [0.15, 0.2) is 64.1 Å². The number of aryl methyl sites for hydroxylation is 1. The molecule has 2 aromatic carbocycles. The van der Waals surface area contributed by atoms with E-state index < -0.39 is 29.4 Å². The first-order valence-electron chi connectivity index (χ1n) is 12.4. The van der Waals surface area contributed by atoms with Crippen molar-refractivity contribution in [2.24, 2.45) is 0 Å². The second kappa shape index (κ2) is 10.0. The summed E-state index contributed by atoms with van der Waals surface area (Å²) in [6, 6.07) is 12.0. The molecule has 14 heteroatoms. The zero-order valence-corrected chi connectivity index (χ0v) is 21.0. The number of halogens is 3. The molecule has 0 fully saturated rings. The summed E-state index contributed by atoms with van der Waals surface area (Å²) in [5.41, 5.74) is 2.81. The molecule has 11 nitrogen and oxygen atoms in total. The maximum Gasteiger partial charge on any atom is 0.449 e. The highest BCUT2D eigenvalue weighted by molar-refractivity contribution is 5.97. The zero-order chi connectivity index (χ0) is 28.7. The van der Waals surface area contributed by atoms with Gasteiger partial charge in [0.2, 0.25) is 5.76 Å². The number of benzene rings is 2. The van der Waals surface area contributed by atoms with Crippen molar-refractivity contribution in [1.82, 2.24) is 35.8 Å². The smallest absolute Gasteiger partial charge is 0.449 e. The van der Waals surface area contributed by atoms with Crippen LogP contribution < -0.4 is 16.3 Å². The van der Waals surface area contributed by atoms with Gasteiger partial charge in [-0.3, -0.25) is 14.6 Å². The fraction of sp³-hybridized carbons (Fsp3) is 0.185. The second-order valence-electron chi connectivity index (χ2n) is 9.46. The predicted molar refractivity (Wildman–Crippen MR) is 138 cm³/mol. The molecule has 6 rings (SSSR count). The number of carbonyl (C=O) groups is 2. The van der Waals surface area contributed by atoms with Gasteiger partial charge in [-0.25, -0.2) is 19.9 Å². The first-order valence-corrected chi connectivity index (χ1v) is 12.4. The minimum absolute atomic E-state index is 0.000929. The molecule has 0 radical (unpaired) electrons. The Labute approximate surface area is 228 Å².